The molecule has 0 radical (unpaired) electrons. The van der Waals surface area contributed by atoms with E-state index in [0.717, 1.165) is 64.2 Å². The number of anilines is 1. The Morgan fingerprint density at radius 1 is 1.04 bits per heavy atom. The van der Waals surface area contributed by atoms with Gasteiger partial charge in [-0.2, -0.15) is 0 Å². The standard InChI is InChI=1S/C19H25ClN4O/c20-19-11-14-8-15(12-19)10-18(9-14,13-19)16(25)23-4-6-24(7-5-23)17-21-2-1-3-22-17/h1-3,14-15H,4-13H2. The van der Waals surface area contributed by atoms with Gasteiger partial charge in [-0.1, -0.05) is 0 Å². The number of carbonyl (C=O) groups excluding carboxylic acids is 1. The summed E-state index contributed by atoms with van der Waals surface area (Å²) in [7, 11) is 0. The molecule has 5 fully saturated rings. The summed E-state index contributed by atoms with van der Waals surface area (Å²) < 4.78 is 0. The predicted molar refractivity (Wildman–Crippen MR) is 96.5 cm³/mol. The second-order valence-electron chi connectivity index (χ2n) is 8.72. The molecule has 1 aliphatic heterocycles. The number of aromatic nitrogens is 2. The van der Waals surface area contributed by atoms with Crippen molar-refractivity contribution in [2.75, 3.05) is 31.1 Å². The first-order valence-electron chi connectivity index (χ1n) is 9.56. The first-order valence-corrected chi connectivity index (χ1v) is 9.93. The van der Waals surface area contributed by atoms with Crippen LogP contribution in [0.4, 0.5) is 5.95 Å². The van der Waals surface area contributed by atoms with Gasteiger partial charge in [0.05, 0.1) is 5.41 Å². The van der Waals surface area contributed by atoms with Gasteiger partial charge < -0.3 is 9.80 Å². The predicted octanol–water partition coefficient (Wildman–Crippen LogP) is 2.70. The summed E-state index contributed by atoms with van der Waals surface area (Å²) in [6.45, 7) is 3.16. The van der Waals surface area contributed by atoms with Gasteiger partial charge in [-0.25, -0.2) is 9.97 Å². The second kappa shape index (κ2) is 5.57. The Morgan fingerprint density at radius 2 is 1.68 bits per heavy atom. The molecule has 1 amide bonds. The van der Waals surface area contributed by atoms with Crippen molar-refractivity contribution < 1.29 is 4.79 Å². The van der Waals surface area contributed by atoms with Crippen molar-refractivity contribution >= 4 is 23.5 Å². The van der Waals surface area contributed by atoms with Crippen molar-refractivity contribution in [1.29, 1.82) is 0 Å². The summed E-state index contributed by atoms with van der Waals surface area (Å²) >= 11 is 6.91. The lowest BCUT2D eigenvalue weighted by Gasteiger charge is -2.60. The molecule has 2 heterocycles. The highest BCUT2D eigenvalue weighted by atomic mass is 35.5. The Kier molecular flexibility index (Phi) is 3.53. The maximum atomic E-state index is 13.5. The first kappa shape index (κ1) is 15.9. The number of nitrogens with zero attached hydrogens (tertiary/aromatic N) is 4. The molecule has 1 saturated heterocycles. The number of hydrogen-bond donors (Lipinski definition) is 0. The number of rotatable bonds is 2. The van der Waals surface area contributed by atoms with Crippen LogP contribution in [0.2, 0.25) is 0 Å². The molecular weight excluding hydrogens is 336 g/mol. The fraction of sp³-hybridized carbons (Fsp3) is 0.737. The Balaban J connectivity index is 1.30. The Morgan fingerprint density at radius 3 is 2.28 bits per heavy atom. The van der Waals surface area contributed by atoms with E-state index in [1.54, 1.807) is 12.4 Å². The van der Waals surface area contributed by atoms with Crippen molar-refractivity contribution in [3.63, 3.8) is 0 Å². The minimum absolute atomic E-state index is 0.0978. The molecule has 4 bridgehead atoms. The normalized spacial score (nSPS) is 39.7. The van der Waals surface area contributed by atoms with E-state index in [1.165, 1.54) is 6.42 Å². The van der Waals surface area contributed by atoms with E-state index >= 15 is 0 Å². The Hall–Kier alpha value is -1.36. The van der Waals surface area contributed by atoms with Crippen LogP contribution in [0.1, 0.15) is 38.5 Å². The van der Waals surface area contributed by atoms with Crippen molar-refractivity contribution in [3.8, 4) is 0 Å². The molecule has 0 aromatic carbocycles. The molecular formula is C19H25ClN4O. The number of hydrogen-bond acceptors (Lipinski definition) is 4. The largest absolute Gasteiger partial charge is 0.339 e. The SMILES string of the molecule is O=C(N1CCN(c2ncccn2)CC1)C12CC3CC(CC(Cl)(C3)C1)C2. The zero-order valence-electron chi connectivity index (χ0n) is 14.5. The molecule has 2 atom stereocenters. The molecule has 0 spiro atoms. The lowest BCUT2D eigenvalue weighted by molar-refractivity contribution is -0.156. The summed E-state index contributed by atoms with van der Waals surface area (Å²) in [5.41, 5.74) is -0.169. The molecule has 6 heteroatoms. The highest BCUT2D eigenvalue weighted by Crippen LogP contribution is 2.64. The average molecular weight is 361 g/mol. The molecule has 2 unspecified atom stereocenters. The fourth-order valence-corrected chi connectivity index (χ4v) is 6.99. The molecule has 5 nitrogen and oxygen atoms in total. The number of alkyl halides is 1. The Labute approximate surface area is 153 Å². The van der Waals surface area contributed by atoms with Crippen LogP contribution in [0, 0.1) is 17.3 Å². The zero-order valence-corrected chi connectivity index (χ0v) is 15.3. The molecule has 4 saturated carbocycles. The molecule has 1 aromatic rings. The third-order valence-electron chi connectivity index (χ3n) is 6.85. The van der Waals surface area contributed by atoms with Crippen LogP contribution in [0.15, 0.2) is 18.5 Å². The minimum atomic E-state index is -0.169. The number of carbonyl (C=O) groups is 1. The van der Waals surface area contributed by atoms with Crippen LogP contribution in [0.5, 0.6) is 0 Å². The highest BCUT2D eigenvalue weighted by Gasteiger charge is 2.60. The van der Waals surface area contributed by atoms with Crippen LogP contribution in [-0.2, 0) is 4.79 Å². The van der Waals surface area contributed by atoms with Crippen LogP contribution in [0.25, 0.3) is 0 Å². The van der Waals surface area contributed by atoms with Gasteiger partial charge in [-0.05, 0) is 56.4 Å². The van der Waals surface area contributed by atoms with E-state index in [0.29, 0.717) is 17.7 Å². The van der Waals surface area contributed by atoms with Crippen molar-refractivity contribution in [2.24, 2.45) is 17.3 Å². The van der Waals surface area contributed by atoms with Gasteiger partial charge >= 0.3 is 0 Å². The molecule has 25 heavy (non-hydrogen) atoms. The van der Waals surface area contributed by atoms with E-state index in [9.17, 15) is 4.79 Å². The quantitative estimate of drug-likeness (QED) is 0.761. The van der Waals surface area contributed by atoms with Gasteiger partial charge in [0.25, 0.3) is 0 Å². The molecule has 1 aromatic heterocycles. The third kappa shape index (κ3) is 2.62. The summed E-state index contributed by atoms with van der Waals surface area (Å²) in [6, 6.07) is 1.83. The smallest absolute Gasteiger partial charge is 0.228 e. The number of halogens is 1. The molecule has 4 aliphatic carbocycles. The fourth-order valence-electron chi connectivity index (χ4n) is 6.30. The summed E-state index contributed by atoms with van der Waals surface area (Å²) in [4.78, 5) is 26.3. The highest BCUT2D eigenvalue weighted by molar-refractivity contribution is 6.24. The van der Waals surface area contributed by atoms with E-state index in [1.807, 2.05) is 6.07 Å². The zero-order chi connectivity index (χ0) is 17.1. The van der Waals surface area contributed by atoms with E-state index in [4.69, 9.17) is 11.6 Å². The molecule has 134 valence electrons. The Bertz CT molecular complexity index is 659. The average Bonchev–Trinajstić information content (AvgIpc) is 2.60. The number of piperazine rings is 1. The van der Waals surface area contributed by atoms with Gasteiger partial charge in [0.2, 0.25) is 11.9 Å². The minimum Gasteiger partial charge on any atom is -0.339 e. The maximum absolute atomic E-state index is 13.5. The number of amides is 1. The van der Waals surface area contributed by atoms with Gasteiger partial charge in [0.1, 0.15) is 0 Å². The van der Waals surface area contributed by atoms with Crippen LogP contribution in [-0.4, -0.2) is 51.8 Å². The lowest BCUT2D eigenvalue weighted by atomic mass is 9.49. The topological polar surface area (TPSA) is 49.3 Å². The van der Waals surface area contributed by atoms with Gasteiger partial charge in [-0.3, -0.25) is 4.79 Å². The first-order chi connectivity index (χ1) is 12.1. The second-order valence-corrected chi connectivity index (χ2v) is 9.52. The van der Waals surface area contributed by atoms with Crippen LogP contribution in [0.3, 0.4) is 0 Å². The third-order valence-corrected chi connectivity index (χ3v) is 7.29. The van der Waals surface area contributed by atoms with Gasteiger partial charge in [0.15, 0.2) is 0 Å². The van der Waals surface area contributed by atoms with Gasteiger partial charge in [-0.15, -0.1) is 11.6 Å². The van der Waals surface area contributed by atoms with Crippen molar-refractivity contribution in [2.45, 2.75) is 43.4 Å². The van der Waals surface area contributed by atoms with Crippen molar-refractivity contribution in [3.05, 3.63) is 18.5 Å². The maximum Gasteiger partial charge on any atom is 0.228 e. The van der Waals surface area contributed by atoms with E-state index in [-0.39, 0.29) is 10.3 Å². The van der Waals surface area contributed by atoms with Crippen LogP contribution >= 0.6 is 11.6 Å². The molecule has 0 N–H and O–H groups in total. The van der Waals surface area contributed by atoms with E-state index < -0.39 is 0 Å². The van der Waals surface area contributed by atoms with Gasteiger partial charge in [0, 0.05) is 43.4 Å². The van der Waals surface area contributed by atoms with Crippen LogP contribution < -0.4 is 4.90 Å². The summed E-state index contributed by atoms with van der Waals surface area (Å²) in [6.07, 6.45) is 10.1. The lowest BCUT2D eigenvalue weighted by Crippen LogP contribution is -2.61. The van der Waals surface area contributed by atoms with Crippen molar-refractivity contribution in [1.82, 2.24) is 14.9 Å². The molecule has 6 rings (SSSR count). The summed E-state index contributed by atoms with van der Waals surface area (Å²) in [5, 5.41) is 0. The monoisotopic (exact) mass is 360 g/mol. The van der Waals surface area contributed by atoms with E-state index in [2.05, 4.69) is 19.8 Å². The molecule has 5 aliphatic rings. The summed E-state index contributed by atoms with van der Waals surface area (Å²) in [5.74, 6) is 2.48.